The van der Waals surface area contributed by atoms with Gasteiger partial charge in [-0.15, -0.1) is 0 Å². The van der Waals surface area contributed by atoms with Crippen LogP contribution in [0, 0.1) is 0 Å². The zero-order valence-electron chi connectivity index (χ0n) is 9.33. The minimum absolute atomic E-state index is 0.0803. The zero-order valence-corrected chi connectivity index (χ0v) is 9.33. The zero-order chi connectivity index (χ0) is 11.2. The van der Waals surface area contributed by atoms with Gasteiger partial charge in [-0.3, -0.25) is 0 Å². The maximum absolute atomic E-state index is 11.2. The van der Waals surface area contributed by atoms with E-state index >= 15 is 0 Å². The number of aromatic amines is 1. The van der Waals surface area contributed by atoms with E-state index in [0.29, 0.717) is 5.92 Å². The number of nitrogens with one attached hydrogen (secondary N) is 1. The molecule has 1 aromatic heterocycles. The van der Waals surface area contributed by atoms with Gasteiger partial charge in [0.1, 0.15) is 0 Å². The molecule has 4 heteroatoms. The Hall–Kier alpha value is -1.16. The summed E-state index contributed by atoms with van der Waals surface area (Å²) in [5.41, 5.74) is 8.24. The second-order valence-electron chi connectivity index (χ2n) is 5.26. The molecule has 0 radical (unpaired) electrons. The third kappa shape index (κ3) is 2.02. The van der Waals surface area contributed by atoms with Crippen LogP contribution >= 0.6 is 0 Å². The molecule has 16 heavy (non-hydrogen) atoms. The summed E-state index contributed by atoms with van der Waals surface area (Å²) in [7, 11) is 0. The van der Waals surface area contributed by atoms with E-state index in [-0.39, 0.29) is 11.2 Å². The molecule has 1 aromatic rings. The molecule has 86 valence electrons. The third-order valence-corrected chi connectivity index (χ3v) is 3.70. The van der Waals surface area contributed by atoms with Gasteiger partial charge < -0.3 is 10.7 Å². The average molecular weight is 219 g/mol. The highest BCUT2D eigenvalue weighted by Gasteiger charge is 2.38. The molecule has 0 amide bonds. The molecule has 1 heterocycles. The van der Waals surface area contributed by atoms with Crippen LogP contribution in [0.5, 0.6) is 0 Å². The first-order valence-electron chi connectivity index (χ1n) is 6.03. The first kappa shape index (κ1) is 10.0. The first-order chi connectivity index (χ1) is 7.66. The van der Waals surface area contributed by atoms with E-state index in [0.717, 1.165) is 31.4 Å². The number of nitrogens with two attached hydrogens (primary N) is 1. The second-order valence-corrected chi connectivity index (χ2v) is 5.26. The number of aromatic nitrogens is 2. The lowest BCUT2D eigenvalue weighted by Gasteiger charge is -2.10. The predicted octanol–water partition coefficient (Wildman–Crippen LogP) is 1.07. The molecule has 0 unspecified atom stereocenters. The summed E-state index contributed by atoms with van der Waals surface area (Å²) >= 11 is 0. The summed E-state index contributed by atoms with van der Waals surface area (Å²) in [6.45, 7) is 0. The van der Waals surface area contributed by atoms with Crippen molar-refractivity contribution >= 4 is 0 Å². The Morgan fingerprint density at radius 1 is 1.50 bits per heavy atom. The molecule has 4 nitrogen and oxygen atoms in total. The highest BCUT2D eigenvalue weighted by molar-refractivity contribution is 5.24. The summed E-state index contributed by atoms with van der Waals surface area (Å²) < 4.78 is 0. The van der Waals surface area contributed by atoms with Crippen LogP contribution in [0.1, 0.15) is 49.3 Å². The SMILES string of the molecule is NC1(CCc2cnc(=O)[nH]c2C2CC2)CC1. The average Bonchev–Trinajstić information content (AvgIpc) is 3.12. The molecular weight excluding hydrogens is 202 g/mol. The summed E-state index contributed by atoms with van der Waals surface area (Å²) in [6, 6.07) is 0. The quantitative estimate of drug-likeness (QED) is 0.795. The topological polar surface area (TPSA) is 71.8 Å². The number of rotatable bonds is 4. The van der Waals surface area contributed by atoms with E-state index in [2.05, 4.69) is 9.97 Å². The molecule has 3 N–H and O–H groups in total. The van der Waals surface area contributed by atoms with E-state index < -0.39 is 0 Å². The Morgan fingerprint density at radius 3 is 2.88 bits per heavy atom. The lowest BCUT2D eigenvalue weighted by Crippen LogP contribution is -2.23. The Balaban J connectivity index is 1.79. The molecule has 0 aromatic carbocycles. The molecule has 2 aliphatic rings. The fourth-order valence-electron chi connectivity index (χ4n) is 2.16. The predicted molar refractivity (Wildman–Crippen MR) is 61.3 cm³/mol. The summed E-state index contributed by atoms with van der Waals surface area (Å²) in [6.07, 6.45) is 8.37. The van der Waals surface area contributed by atoms with E-state index in [1.807, 2.05) is 0 Å². The van der Waals surface area contributed by atoms with Crippen molar-refractivity contribution in [1.29, 1.82) is 0 Å². The van der Waals surface area contributed by atoms with Gasteiger partial charge in [0.2, 0.25) is 0 Å². The van der Waals surface area contributed by atoms with E-state index in [1.165, 1.54) is 18.4 Å². The van der Waals surface area contributed by atoms with Gasteiger partial charge in [-0.05, 0) is 50.0 Å². The molecule has 0 atom stereocenters. The molecular formula is C12H17N3O. The van der Waals surface area contributed by atoms with E-state index in [9.17, 15) is 4.79 Å². The summed E-state index contributed by atoms with van der Waals surface area (Å²) in [4.78, 5) is 17.9. The van der Waals surface area contributed by atoms with Crippen molar-refractivity contribution in [3.8, 4) is 0 Å². The second kappa shape index (κ2) is 3.42. The molecule has 0 bridgehead atoms. The van der Waals surface area contributed by atoms with Gasteiger partial charge in [0.25, 0.3) is 0 Å². The third-order valence-electron chi connectivity index (χ3n) is 3.70. The minimum atomic E-state index is -0.223. The Morgan fingerprint density at radius 2 is 2.25 bits per heavy atom. The Labute approximate surface area is 94.3 Å². The lowest BCUT2D eigenvalue weighted by molar-refractivity contribution is 0.604. The number of nitrogens with zero attached hydrogens (tertiary/aromatic N) is 1. The van der Waals surface area contributed by atoms with Crippen LogP contribution in [0.3, 0.4) is 0 Å². The van der Waals surface area contributed by atoms with E-state index in [4.69, 9.17) is 5.73 Å². The fourth-order valence-corrected chi connectivity index (χ4v) is 2.16. The normalized spacial score (nSPS) is 22.1. The van der Waals surface area contributed by atoms with Gasteiger partial charge in [-0.25, -0.2) is 9.78 Å². The summed E-state index contributed by atoms with van der Waals surface area (Å²) in [5, 5.41) is 0. The maximum atomic E-state index is 11.2. The smallest absolute Gasteiger partial charge is 0.325 e. The van der Waals surface area contributed by atoms with Gasteiger partial charge in [-0.2, -0.15) is 0 Å². The van der Waals surface area contributed by atoms with Crippen LogP contribution in [0.4, 0.5) is 0 Å². The molecule has 0 spiro atoms. The van der Waals surface area contributed by atoms with Crippen LogP contribution < -0.4 is 11.4 Å². The van der Waals surface area contributed by atoms with Crippen LogP contribution in [0.25, 0.3) is 0 Å². The fraction of sp³-hybridized carbons (Fsp3) is 0.667. The molecule has 3 rings (SSSR count). The standard InChI is InChI=1S/C12H17N3O/c13-12(5-6-12)4-3-9-7-14-11(16)15-10(9)8-1-2-8/h7-8H,1-6,13H2,(H,14,15,16). The Bertz CT molecular complexity index is 458. The molecule has 2 saturated carbocycles. The van der Waals surface area contributed by atoms with Crippen molar-refractivity contribution in [2.45, 2.75) is 50.0 Å². The van der Waals surface area contributed by atoms with Crippen molar-refractivity contribution < 1.29 is 0 Å². The van der Waals surface area contributed by atoms with Crippen molar-refractivity contribution in [1.82, 2.24) is 9.97 Å². The van der Waals surface area contributed by atoms with Gasteiger partial charge in [-0.1, -0.05) is 0 Å². The molecule has 0 aliphatic heterocycles. The monoisotopic (exact) mass is 219 g/mol. The van der Waals surface area contributed by atoms with Crippen molar-refractivity contribution in [3.05, 3.63) is 27.9 Å². The van der Waals surface area contributed by atoms with Crippen molar-refractivity contribution in [2.75, 3.05) is 0 Å². The number of hydrogen-bond acceptors (Lipinski definition) is 3. The highest BCUT2D eigenvalue weighted by Crippen LogP contribution is 2.41. The van der Waals surface area contributed by atoms with Gasteiger partial charge >= 0.3 is 5.69 Å². The van der Waals surface area contributed by atoms with Crippen LogP contribution in [0.15, 0.2) is 11.0 Å². The highest BCUT2D eigenvalue weighted by atomic mass is 16.1. The molecule has 0 saturated heterocycles. The number of H-pyrrole nitrogens is 1. The van der Waals surface area contributed by atoms with Gasteiger partial charge in [0, 0.05) is 17.4 Å². The Kier molecular flexibility index (Phi) is 2.14. The van der Waals surface area contributed by atoms with Gasteiger partial charge in [0.15, 0.2) is 0 Å². The maximum Gasteiger partial charge on any atom is 0.345 e. The van der Waals surface area contributed by atoms with Crippen molar-refractivity contribution in [2.24, 2.45) is 5.73 Å². The van der Waals surface area contributed by atoms with Crippen molar-refractivity contribution in [3.63, 3.8) is 0 Å². The van der Waals surface area contributed by atoms with E-state index in [1.54, 1.807) is 6.20 Å². The summed E-state index contributed by atoms with van der Waals surface area (Å²) in [5.74, 6) is 0.568. The largest absolute Gasteiger partial charge is 0.345 e. The van der Waals surface area contributed by atoms with Crippen LogP contribution in [0.2, 0.25) is 0 Å². The minimum Gasteiger partial charge on any atom is -0.325 e. The molecule has 2 aliphatic carbocycles. The van der Waals surface area contributed by atoms with Crippen LogP contribution in [-0.4, -0.2) is 15.5 Å². The molecule has 2 fully saturated rings. The first-order valence-corrected chi connectivity index (χ1v) is 6.03. The van der Waals surface area contributed by atoms with Gasteiger partial charge in [0.05, 0.1) is 0 Å². The lowest BCUT2D eigenvalue weighted by atomic mass is 10.0. The van der Waals surface area contributed by atoms with Crippen LogP contribution in [-0.2, 0) is 6.42 Å². The number of hydrogen-bond donors (Lipinski definition) is 2. The number of aryl methyl sites for hydroxylation is 1.